The molecule has 0 aromatic heterocycles. The molecule has 1 aliphatic rings. The highest BCUT2D eigenvalue weighted by Gasteiger charge is 2.44. The quantitative estimate of drug-likeness (QED) is 0.620. The van der Waals surface area contributed by atoms with Crippen LogP contribution >= 0.6 is 0 Å². The minimum Gasteiger partial charge on any atom is -0.398 e. The number of nitrogens with zero attached hydrogens (tertiary/aromatic N) is 1. The third kappa shape index (κ3) is 1.64. The van der Waals surface area contributed by atoms with E-state index >= 15 is 0 Å². The van der Waals surface area contributed by atoms with Crippen LogP contribution in [-0.2, 0) is 9.47 Å². The molecule has 0 amide bonds. The predicted octanol–water partition coefficient (Wildman–Crippen LogP) is 1.39. The van der Waals surface area contributed by atoms with Gasteiger partial charge in [0.25, 0.3) is 0 Å². The lowest BCUT2D eigenvalue weighted by molar-refractivity contribution is -0.219. The summed E-state index contributed by atoms with van der Waals surface area (Å²) in [4.78, 5) is 2.21. The van der Waals surface area contributed by atoms with Crippen LogP contribution in [0.4, 0.5) is 11.4 Å². The van der Waals surface area contributed by atoms with Gasteiger partial charge in [0.05, 0.1) is 13.1 Å². The smallest absolute Gasteiger partial charge is 0.203 e. The number of rotatable bonds is 3. The molecule has 4 heteroatoms. The Hall–Kier alpha value is -1.26. The summed E-state index contributed by atoms with van der Waals surface area (Å²) in [6.45, 7) is 3.51. The fourth-order valence-electron chi connectivity index (χ4n) is 2.03. The van der Waals surface area contributed by atoms with Crippen LogP contribution in [0.5, 0.6) is 0 Å². The van der Waals surface area contributed by atoms with E-state index in [0.717, 1.165) is 30.0 Å². The van der Waals surface area contributed by atoms with Crippen molar-refractivity contribution in [3.63, 3.8) is 0 Å². The van der Waals surface area contributed by atoms with Gasteiger partial charge >= 0.3 is 0 Å². The molecule has 0 aliphatic carbocycles. The average Bonchev–Trinajstić information content (AvgIpc) is 2.24. The largest absolute Gasteiger partial charge is 0.398 e. The Morgan fingerprint density at radius 2 is 1.88 bits per heavy atom. The number of anilines is 2. The highest BCUT2D eigenvalue weighted by Crippen LogP contribution is 2.34. The van der Waals surface area contributed by atoms with Crippen molar-refractivity contribution in [1.82, 2.24) is 0 Å². The van der Waals surface area contributed by atoms with E-state index in [4.69, 9.17) is 15.2 Å². The van der Waals surface area contributed by atoms with Gasteiger partial charge in [0.2, 0.25) is 5.79 Å². The summed E-state index contributed by atoms with van der Waals surface area (Å²) in [5.74, 6) is -0.447. The van der Waals surface area contributed by atoms with Crippen LogP contribution in [0.15, 0.2) is 18.2 Å². The molecular weight excluding hydrogens is 204 g/mol. The zero-order chi connectivity index (χ0) is 11.8. The molecule has 88 valence electrons. The molecular formula is C12H18N2O2. The number of methoxy groups -OCH3 is 2. The summed E-state index contributed by atoms with van der Waals surface area (Å²) in [7, 11) is 3.35. The van der Waals surface area contributed by atoms with E-state index < -0.39 is 5.79 Å². The van der Waals surface area contributed by atoms with Gasteiger partial charge in [-0.15, -0.1) is 0 Å². The van der Waals surface area contributed by atoms with Crippen LogP contribution in [0, 0.1) is 6.92 Å². The summed E-state index contributed by atoms with van der Waals surface area (Å²) in [5.41, 5.74) is 8.98. The van der Waals surface area contributed by atoms with Gasteiger partial charge in [0, 0.05) is 25.6 Å². The average molecular weight is 222 g/mol. The number of nitrogen functional groups attached to an aromatic ring is 1. The Kier molecular flexibility index (Phi) is 2.78. The molecule has 0 unspecified atom stereocenters. The van der Waals surface area contributed by atoms with E-state index in [1.165, 1.54) is 0 Å². The fraction of sp³-hybridized carbons (Fsp3) is 0.500. The SMILES string of the molecule is COC1(OC)CN(c2cccc(N)c2C)C1. The maximum Gasteiger partial charge on any atom is 0.203 e. The molecule has 2 N–H and O–H groups in total. The maximum atomic E-state index is 5.88. The van der Waals surface area contributed by atoms with Crippen molar-refractivity contribution >= 4 is 11.4 Å². The van der Waals surface area contributed by atoms with E-state index in [1.54, 1.807) is 14.2 Å². The molecule has 16 heavy (non-hydrogen) atoms. The van der Waals surface area contributed by atoms with Gasteiger partial charge in [-0.2, -0.15) is 0 Å². The molecule has 0 spiro atoms. The molecule has 4 nitrogen and oxygen atoms in total. The third-order valence-corrected chi connectivity index (χ3v) is 3.30. The van der Waals surface area contributed by atoms with Crippen LogP contribution in [-0.4, -0.2) is 33.1 Å². The van der Waals surface area contributed by atoms with Crippen LogP contribution in [0.2, 0.25) is 0 Å². The lowest BCUT2D eigenvalue weighted by atomic mass is 10.0. The van der Waals surface area contributed by atoms with Crippen molar-refractivity contribution in [3.8, 4) is 0 Å². The summed E-state index contributed by atoms with van der Waals surface area (Å²) in [6, 6.07) is 5.96. The molecule has 1 fully saturated rings. The maximum absolute atomic E-state index is 5.88. The Morgan fingerprint density at radius 3 is 2.44 bits per heavy atom. The van der Waals surface area contributed by atoms with E-state index in [-0.39, 0.29) is 0 Å². The van der Waals surface area contributed by atoms with Crippen molar-refractivity contribution < 1.29 is 9.47 Å². The zero-order valence-electron chi connectivity index (χ0n) is 9.99. The fourth-order valence-corrected chi connectivity index (χ4v) is 2.03. The molecule has 2 rings (SSSR count). The van der Waals surface area contributed by atoms with Gasteiger partial charge in [0.1, 0.15) is 0 Å². The molecule has 0 atom stereocenters. The molecule has 0 saturated carbocycles. The van der Waals surface area contributed by atoms with Crippen molar-refractivity contribution in [2.45, 2.75) is 12.7 Å². The van der Waals surface area contributed by atoms with Crippen LogP contribution in [0.25, 0.3) is 0 Å². The molecule has 1 aromatic rings. The number of benzene rings is 1. The highest BCUT2D eigenvalue weighted by molar-refractivity contribution is 5.65. The van der Waals surface area contributed by atoms with E-state index in [9.17, 15) is 0 Å². The Bertz CT molecular complexity index is 381. The van der Waals surface area contributed by atoms with Crippen molar-refractivity contribution in [1.29, 1.82) is 0 Å². The number of hydrogen-bond donors (Lipinski definition) is 1. The number of nitrogens with two attached hydrogens (primary N) is 1. The van der Waals surface area contributed by atoms with Gasteiger partial charge in [-0.05, 0) is 24.6 Å². The van der Waals surface area contributed by atoms with E-state index in [0.29, 0.717) is 0 Å². The van der Waals surface area contributed by atoms with Gasteiger partial charge in [-0.1, -0.05) is 6.07 Å². The van der Waals surface area contributed by atoms with Gasteiger partial charge < -0.3 is 20.1 Å². The Labute approximate surface area is 95.9 Å². The lowest BCUT2D eigenvalue weighted by Crippen LogP contribution is -2.64. The minimum absolute atomic E-state index is 0.447. The topological polar surface area (TPSA) is 47.7 Å². The monoisotopic (exact) mass is 222 g/mol. The van der Waals surface area contributed by atoms with Crippen LogP contribution < -0.4 is 10.6 Å². The van der Waals surface area contributed by atoms with E-state index in [1.807, 2.05) is 19.1 Å². The highest BCUT2D eigenvalue weighted by atomic mass is 16.7. The molecule has 1 aromatic carbocycles. The first kappa shape index (κ1) is 11.2. The van der Waals surface area contributed by atoms with Gasteiger partial charge in [0.15, 0.2) is 0 Å². The molecule has 1 aliphatic heterocycles. The van der Waals surface area contributed by atoms with E-state index in [2.05, 4.69) is 11.0 Å². The second-order valence-electron chi connectivity index (χ2n) is 4.17. The first-order valence-corrected chi connectivity index (χ1v) is 5.32. The van der Waals surface area contributed by atoms with Gasteiger partial charge in [-0.3, -0.25) is 0 Å². The Morgan fingerprint density at radius 1 is 1.25 bits per heavy atom. The minimum atomic E-state index is -0.447. The lowest BCUT2D eigenvalue weighted by Gasteiger charge is -2.49. The second kappa shape index (κ2) is 3.96. The summed E-state index contributed by atoms with van der Waals surface area (Å²) in [5, 5.41) is 0. The molecule has 0 bridgehead atoms. The van der Waals surface area contributed by atoms with Crippen molar-refractivity contribution in [2.24, 2.45) is 0 Å². The third-order valence-electron chi connectivity index (χ3n) is 3.30. The van der Waals surface area contributed by atoms with Crippen molar-refractivity contribution in [3.05, 3.63) is 23.8 Å². The van der Waals surface area contributed by atoms with Gasteiger partial charge in [-0.25, -0.2) is 0 Å². The summed E-state index contributed by atoms with van der Waals surface area (Å²) >= 11 is 0. The normalized spacial score (nSPS) is 18.3. The standard InChI is InChI=1S/C12H18N2O2/c1-9-10(13)5-4-6-11(9)14-7-12(8-14,15-2)16-3/h4-6H,7-8,13H2,1-3H3. The zero-order valence-corrected chi connectivity index (χ0v) is 9.99. The number of hydrogen-bond acceptors (Lipinski definition) is 4. The number of ether oxygens (including phenoxy) is 2. The Balaban J connectivity index is 2.15. The molecule has 1 saturated heterocycles. The first-order valence-electron chi connectivity index (χ1n) is 5.32. The molecule has 1 heterocycles. The van der Waals surface area contributed by atoms with Crippen LogP contribution in [0.3, 0.4) is 0 Å². The second-order valence-corrected chi connectivity index (χ2v) is 4.17. The first-order chi connectivity index (χ1) is 7.62. The van der Waals surface area contributed by atoms with Crippen LogP contribution in [0.1, 0.15) is 5.56 Å². The predicted molar refractivity (Wildman–Crippen MR) is 64.6 cm³/mol. The molecule has 0 radical (unpaired) electrons. The summed E-state index contributed by atoms with van der Waals surface area (Å²) in [6.07, 6.45) is 0. The van der Waals surface area contributed by atoms with Crippen molar-refractivity contribution in [2.75, 3.05) is 37.9 Å². The summed E-state index contributed by atoms with van der Waals surface area (Å²) < 4.78 is 10.7.